The Balaban J connectivity index is 0.973. The molecule has 276 valence electrons. The minimum Gasteiger partial charge on any atom is -0.455 e. The molecule has 0 aliphatic heterocycles. The van der Waals surface area contributed by atoms with Gasteiger partial charge in [0.05, 0.1) is 0 Å². The van der Waals surface area contributed by atoms with Crippen LogP contribution in [0.15, 0.2) is 217 Å². The summed E-state index contributed by atoms with van der Waals surface area (Å²) in [6.45, 7) is 0. The number of hydrogen-bond donors (Lipinski definition) is 0. The maximum Gasteiger partial charge on any atom is 0.164 e. The Morgan fingerprint density at radius 3 is 1.41 bits per heavy atom. The van der Waals surface area contributed by atoms with E-state index in [9.17, 15) is 0 Å². The molecule has 2 aromatic heterocycles. The number of para-hydroxylation sites is 2. The highest BCUT2D eigenvalue weighted by Crippen LogP contribution is 2.40. The predicted octanol–water partition coefficient (Wildman–Crippen LogP) is 14.6. The van der Waals surface area contributed by atoms with Crippen LogP contribution in [0.4, 0.5) is 0 Å². The maximum absolute atomic E-state index is 6.42. The van der Waals surface area contributed by atoms with Crippen LogP contribution < -0.4 is 0 Å². The van der Waals surface area contributed by atoms with E-state index in [0.717, 1.165) is 77.6 Å². The Morgan fingerprint density at radius 1 is 0.254 bits per heavy atom. The zero-order valence-electron chi connectivity index (χ0n) is 32.0. The van der Waals surface area contributed by atoms with Crippen molar-refractivity contribution in [2.45, 2.75) is 0 Å². The zero-order chi connectivity index (χ0) is 39.1. The quantitative estimate of drug-likeness (QED) is 0.163. The molecular formula is C55H35N3O. The molecular weight excluding hydrogens is 719 g/mol. The van der Waals surface area contributed by atoms with E-state index in [1.165, 1.54) is 16.3 Å². The summed E-state index contributed by atoms with van der Waals surface area (Å²) in [6, 6.07) is 74.0. The van der Waals surface area contributed by atoms with E-state index in [0.29, 0.717) is 17.5 Å². The molecule has 11 aromatic rings. The molecule has 0 N–H and O–H groups in total. The van der Waals surface area contributed by atoms with Crippen molar-refractivity contribution >= 4 is 32.7 Å². The number of furan rings is 1. The van der Waals surface area contributed by atoms with E-state index in [2.05, 4.69) is 158 Å². The Labute approximate surface area is 341 Å². The first-order chi connectivity index (χ1) is 29.2. The van der Waals surface area contributed by atoms with Crippen molar-refractivity contribution in [3.63, 3.8) is 0 Å². The van der Waals surface area contributed by atoms with Gasteiger partial charge in [-0.05, 0) is 61.8 Å². The summed E-state index contributed by atoms with van der Waals surface area (Å²) in [5, 5.41) is 4.65. The molecule has 59 heavy (non-hydrogen) atoms. The van der Waals surface area contributed by atoms with Gasteiger partial charge in [-0.25, -0.2) is 15.0 Å². The highest BCUT2D eigenvalue weighted by atomic mass is 16.3. The van der Waals surface area contributed by atoms with Crippen molar-refractivity contribution in [2.75, 3.05) is 0 Å². The molecule has 0 amide bonds. The van der Waals surface area contributed by atoms with Crippen LogP contribution in [0, 0.1) is 0 Å². The number of hydrogen-bond acceptors (Lipinski definition) is 4. The summed E-state index contributed by atoms with van der Waals surface area (Å²) in [7, 11) is 0. The number of fused-ring (bicyclic) bond motifs is 4. The fraction of sp³-hybridized carbons (Fsp3) is 0. The summed E-state index contributed by atoms with van der Waals surface area (Å²) < 4.78 is 6.42. The SMILES string of the molecule is c1ccc(-c2nc(-c3ccc(-c4ccc(-c5cccc(-c6cccc7c6oc6ccccc67)c5)c5ccccc45)cc3)nc(-c3ccccc3-c3ccccc3)n2)cc1. The summed E-state index contributed by atoms with van der Waals surface area (Å²) >= 11 is 0. The van der Waals surface area contributed by atoms with E-state index in [1.54, 1.807) is 0 Å². The number of nitrogens with zero attached hydrogens (tertiary/aromatic N) is 3. The standard InChI is InChI=1S/C55H35N3O/c1-3-15-36(16-4-1)42-21-7-10-25-50(42)55-57-53(38-17-5-2-6-18-38)56-54(58-55)39-31-29-37(30-32-39)43-33-34-44(47-23-9-8-22-46(43)47)40-19-13-20-41(35-40)45-26-14-27-49-48-24-11-12-28-51(48)59-52(45)49/h1-35H. The van der Waals surface area contributed by atoms with Gasteiger partial charge in [0.25, 0.3) is 0 Å². The lowest BCUT2D eigenvalue weighted by atomic mass is 9.90. The van der Waals surface area contributed by atoms with Gasteiger partial charge in [-0.1, -0.05) is 200 Å². The minimum atomic E-state index is 0.627. The fourth-order valence-corrected chi connectivity index (χ4v) is 8.32. The molecule has 9 aromatic carbocycles. The Kier molecular flexibility index (Phi) is 8.45. The van der Waals surface area contributed by atoms with Gasteiger partial charge in [-0.3, -0.25) is 0 Å². The topological polar surface area (TPSA) is 51.8 Å². The lowest BCUT2D eigenvalue weighted by molar-refractivity contribution is 0.670. The van der Waals surface area contributed by atoms with Gasteiger partial charge in [0.2, 0.25) is 0 Å². The van der Waals surface area contributed by atoms with Gasteiger partial charge in [-0.15, -0.1) is 0 Å². The maximum atomic E-state index is 6.42. The molecule has 0 aliphatic rings. The molecule has 0 unspecified atom stereocenters. The molecule has 0 saturated carbocycles. The molecule has 4 nitrogen and oxygen atoms in total. The molecule has 2 heterocycles. The third-order valence-corrected chi connectivity index (χ3v) is 11.2. The molecule has 11 rings (SSSR count). The third-order valence-electron chi connectivity index (χ3n) is 11.2. The summed E-state index contributed by atoms with van der Waals surface area (Å²) in [6.07, 6.45) is 0. The van der Waals surface area contributed by atoms with Gasteiger partial charge < -0.3 is 4.42 Å². The van der Waals surface area contributed by atoms with Crippen LogP contribution >= 0.6 is 0 Å². The van der Waals surface area contributed by atoms with Crippen LogP contribution in [0.1, 0.15) is 0 Å². The highest BCUT2D eigenvalue weighted by Gasteiger charge is 2.17. The first-order valence-corrected chi connectivity index (χ1v) is 19.9. The molecule has 4 heteroatoms. The molecule has 0 atom stereocenters. The van der Waals surface area contributed by atoms with Crippen molar-refractivity contribution in [1.82, 2.24) is 15.0 Å². The molecule has 0 fully saturated rings. The Morgan fingerprint density at radius 2 is 0.695 bits per heavy atom. The second-order valence-corrected chi connectivity index (χ2v) is 14.7. The largest absolute Gasteiger partial charge is 0.455 e. The van der Waals surface area contributed by atoms with E-state index in [4.69, 9.17) is 19.4 Å². The van der Waals surface area contributed by atoms with Crippen molar-refractivity contribution in [3.8, 4) is 78.7 Å². The van der Waals surface area contributed by atoms with Gasteiger partial charge in [0, 0.05) is 33.0 Å². The van der Waals surface area contributed by atoms with E-state index >= 15 is 0 Å². The van der Waals surface area contributed by atoms with Crippen molar-refractivity contribution in [1.29, 1.82) is 0 Å². The molecule has 0 bridgehead atoms. The zero-order valence-corrected chi connectivity index (χ0v) is 32.0. The van der Waals surface area contributed by atoms with Gasteiger partial charge >= 0.3 is 0 Å². The van der Waals surface area contributed by atoms with Crippen molar-refractivity contribution in [3.05, 3.63) is 212 Å². The predicted molar refractivity (Wildman–Crippen MR) is 243 cm³/mol. The van der Waals surface area contributed by atoms with Crippen LogP contribution in [0.2, 0.25) is 0 Å². The van der Waals surface area contributed by atoms with Crippen LogP contribution in [0.25, 0.3) is 111 Å². The number of aromatic nitrogens is 3. The molecule has 0 spiro atoms. The Hall–Kier alpha value is -7.95. The molecule has 0 radical (unpaired) electrons. The highest BCUT2D eigenvalue weighted by molar-refractivity contribution is 6.10. The van der Waals surface area contributed by atoms with E-state index < -0.39 is 0 Å². The monoisotopic (exact) mass is 753 g/mol. The summed E-state index contributed by atoms with van der Waals surface area (Å²) in [5.74, 6) is 1.90. The summed E-state index contributed by atoms with van der Waals surface area (Å²) in [4.78, 5) is 15.2. The summed E-state index contributed by atoms with van der Waals surface area (Å²) in [5.41, 5.74) is 13.6. The van der Waals surface area contributed by atoms with Gasteiger partial charge in [0.1, 0.15) is 11.2 Å². The number of rotatable bonds is 7. The van der Waals surface area contributed by atoms with Crippen LogP contribution in [0.5, 0.6) is 0 Å². The number of benzene rings is 9. The first kappa shape index (κ1) is 34.3. The van der Waals surface area contributed by atoms with Crippen molar-refractivity contribution in [2.24, 2.45) is 0 Å². The van der Waals surface area contributed by atoms with E-state index in [1.807, 2.05) is 54.6 Å². The van der Waals surface area contributed by atoms with E-state index in [-0.39, 0.29) is 0 Å². The third kappa shape index (κ3) is 6.24. The van der Waals surface area contributed by atoms with Crippen LogP contribution in [0.3, 0.4) is 0 Å². The lowest BCUT2D eigenvalue weighted by Gasteiger charge is -2.14. The molecule has 0 saturated heterocycles. The second-order valence-electron chi connectivity index (χ2n) is 14.7. The normalized spacial score (nSPS) is 11.4. The Bertz CT molecular complexity index is 3320. The van der Waals surface area contributed by atoms with Gasteiger partial charge in [-0.2, -0.15) is 0 Å². The average Bonchev–Trinajstić information content (AvgIpc) is 3.71. The van der Waals surface area contributed by atoms with Gasteiger partial charge in [0.15, 0.2) is 17.5 Å². The lowest BCUT2D eigenvalue weighted by Crippen LogP contribution is -2.01. The second kappa shape index (κ2) is 14.5. The van der Waals surface area contributed by atoms with Crippen LogP contribution in [-0.2, 0) is 0 Å². The van der Waals surface area contributed by atoms with Crippen molar-refractivity contribution < 1.29 is 4.42 Å². The minimum absolute atomic E-state index is 0.627. The first-order valence-electron chi connectivity index (χ1n) is 19.9. The fourth-order valence-electron chi connectivity index (χ4n) is 8.32. The average molecular weight is 754 g/mol. The molecule has 0 aliphatic carbocycles. The smallest absolute Gasteiger partial charge is 0.164 e. The van der Waals surface area contributed by atoms with Crippen LogP contribution in [-0.4, -0.2) is 15.0 Å².